The zero-order valence-corrected chi connectivity index (χ0v) is 13.1. The first-order chi connectivity index (χ1) is 9.49. The molecule has 0 unspecified atom stereocenters. The first kappa shape index (κ1) is 15.0. The van der Waals surface area contributed by atoms with E-state index in [2.05, 4.69) is 15.9 Å². The molecule has 4 heteroatoms. The molecule has 0 saturated heterocycles. The molecular formula is C16H17BrFNO. The average molecular weight is 338 g/mol. The van der Waals surface area contributed by atoms with Gasteiger partial charge in [-0.25, -0.2) is 4.39 Å². The van der Waals surface area contributed by atoms with Crippen LogP contribution in [0, 0.1) is 12.7 Å². The quantitative estimate of drug-likeness (QED) is 0.891. The Labute approximate surface area is 126 Å². The van der Waals surface area contributed by atoms with E-state index in [9.17, 15) is 4.39 Å². The van der Waals surface area contributed by atoms with Gasteiger partial charge in [0.2, 0.25) is 0 Å². The van der Waals surface area contributed by atoms with E-state index in [0.717, 1.165) is 22.4 Å². The van der Waals surface area contributed by atoms with E-state index in [1.807, 2.05) is 38.1 Å². The van der Waals surface area contributed by atoms with Crippen molar-refractivity contribution in [2.75, 3.05) is 0 Å². The number of hydrogen-bond donors (Lipinski definition) is 1. The molecule has 0 aliphatic rings. The normalized spacial score (nSPS) is 12.2. The van der Waals surface area contributed by atoms with Crippen molar-refractivity contribution in [3.63, 3.8) is 0 Å². The molecule has 106 valence electrons. The van der Waals surface area contributed by atoms with Crippen LogP contribution in [-0.4, -0.2) is 0 Å². The molecule has 0 aromatic heterocycles. The highest BCUT2D eigenvalue weighted by atomic mass is 79.9. The van der Waals surface area contributed by atoms with Gasteiger partial charge in [0.25, 0.3) is 0 Å². The monoisotopic (exact) mass is 337 g/mol. The number of hydrogen-bond acceptors (Lipinski definition) is 2. The van der Waals surface area contributed by atoms with Gasteiger partial charge in [-0.1, -0.05) is 24.3 Å². The Morgan fingerprint density at radius 2 is 2.05 bits per heavy atom. The van der Waals surface area contributed by atoms with E-state index < -0.39 is 0 Å². The van der Waals surface area contributed by atoms with Crippen molar-refractivity contribution in [3.05, 3.63) is 63.4 Å². The topological polar surface area (TPSA) is 35.2 Å². The Morgan fingerprint density at radius 1 is 1.30 bits per heavy atom. The Balaban J connectivity index is 2.13. The van der Waals surface area contributed by atoms with Crippen LogP contribution >= 0.6 is 15.9 Å². The summed E-state index contributed by atoms with van der Waals surface area (Å²) in [4.78, 5) is 0. The molecule has 0 aliphatic heterocycles. The van der Waals surface area contributed by atoms with Crippen LogP contribution < -0.4 is 10.5 Å². The van der Waals surface area contributed by atoms with Crippen molar-refractivity contribution in [2.45, 2.75) is 26.5 Å². The lowest BCUT2D eigenvalue weighted by Crippen LogP contribution is -2.05. The average Bonchev–Trinajstić information content (AvgIpc) is 2.41. The van der Waals surface area contributed by atoms with Crippen LogP contribution in [0.4, 0.5) is 4.39 Å². The molecule has 0 radical (unpaired) electrons. The Morgan fingerprint density at radius 3 is 2.70 bits per heavy atom. The van der Waals surface area contributed by atoms with Crippen molar-refractivity contribution in [3.8, 4) is 5.75 Å². The zero-order chi connectivity index (χ0) is 14.7. The number of benzene rings is 2. The van der Waals surface area contributed by atoms with Crippen LogP contribution in [0.2, 0.25) is 0 Å². The molecule has 2 aromatic carbocycles. The van der Waals surface area contributed by atoms with Crippen LogP contribution in [0.15, 0.2) is 40.9 Å². The lowest BCUT2D eigenvalue weighted by Gasteiger charge is -2.13. The maximum atomic E-state index is 13.4. The third-order valence-corrected chi connectivity index (χ3v) is 4.03. The van der Waals surface area contributed by atoms with Gasteiger partial charge in [-0.3, -0.25) is 0 Å². The van der Waals surface area contributed by atoms with Gasteiger partial charge in [0.1, 0.15) is 18.2 Å². The molecule has 20 heavy (non-hydrogen) atoms. The van der Waals surface area contributed by atoms with Crippen LogP contribution in [0.3, 0.4) is 0 Å². The largest absolute Gasteiger partial charge is 0.489 e. The number of ether oxygens (including phenoxy) is 1. The molecule has 0 saturated carbocycles. The Kier molecular flexibility index (Phi) is 4.78. The van der Waals surface area contributed by atoms with E-state index >= 15 is 0 Å². The third kappa shape index (κ3) is 3.38. The van der Waals surface area contributed by atoms with E-state index in [-0.39, 0.29) is 11.9 Å². The number of nitrogens with two attached hydrogens (primary N) is 1. The Bertz CT molecular complexity index is 613. The highest BCUT2D eigenvalue weighted by Crippen LogP contribution is 2.25. The molecule has 0 aliphatic carbocycles. The van der Waals surface area contributed by atoms with Crippen LogP contribution in [0.25, 0.3) is 0 Å². The number of aryl methyl sites for hydroxylation is 1. The fourth-order valence-corrected chi connectivity index (χ4v) is 2.31. The predicted octanol–water partition coefficient (Wildman–Crippen LogP) is 4.50. The fraction of sp³-hybridized carbons (Fsp3) is 0.250. The SMILES string of the molecule is Cc1cc([C@H](C)N)ccc1OCc1cccc(F)c1Br. The molecule has 2 nitrogen and oxygen atoms in total. The van der Waals surface area contributed by atoms with Gasteiger partial charge in [-0.15, -0.1) is 0 Å². The van der Waals surface area contributed by atoms with Crippen molar-refractivity contribution in [1.29, 1.82) is 0 Å². The maximum absolute atomic E-state index is 13.4. The zero-order valence-electron chi connectivity index (χ0n) is 11.5. The lowest BCUT2D eigenvalue weighted by atomic mass is 10.1. The molecule has 0 spiro atoms. The minimum atomic E-state index is -0.282. The van der Waals surface area contributed by atoms with Gasteiger partial charge in [0, 0.05) is 11.6 Å². The second kappa shape index (κ2) is 6.37. The summed E-state index contributed by atoms with van der Waals surface area (Å²) >= 11 is 3.23. The molecule has 2 rings (SSSR count). The minimum absolute atomic E-state index is 0.000105. The molecular weight excluding hydrogens is 321 g/mol. The summed E-state index contributed by atoms with van der Waals surface area (Å²) in [5.41, 5.74) is 8.72. The molecule has 0 amide bonds. The molecule has 2 aromatic rings. The number of rotatable bonds is 4. The predicted molar refractivity (Wildman–Crippen MR) is 82.2 cm³/mol. The molecule has 2 N–H and O–H groups in total. The summed E-state index contributed by atoms with van der Waals surface area (Å²) in [6, 6.07) is 10.8. The van der Waals surface area contributed by atoms with E-state index in [0.29, 0.717) is 11.1 Å². The summed E-state index contributed by atoms with van der Waals surface area (Å²) in [7, 11) is 0. The smallest absolute Gasteiger partial charge is 0.137 e. The molecule has 0 heterocycles. The van der Waals surface area contributed by atoms with Crippen molar-refractivity contribution >= 4 is 15.9 Å². The van der Waals surface area contributed by atoms with E-state index in [1.54, 1.807) is 6.07 Å². The highest BCUT2D eigenvalue weighted by Gasteiger charge is 2.08. The van der Waals surface area contributed by atoms with Crippen LogP contribution in [0.5, 0.6) is 5.75 Å². The summed E-state index contributed by atoms with van der Waals surface area (Å²) in [6.45, 7) is 4.23. The summed E-state index contributed by atoms with van der Waals surface area (Å²) in [5.74, 6) is 0.501. The standard InChI is InChI=1S/C16H17BrFNO/c1-10-8-12(11(2)19)6-7-15(10)20-9-13-4-3-5-14(18)16(13)17/h3-8,11H,9,19H2,1-2H3/t11-/m0/s1. The molecule has 0 bridgehead atoms. The van der Waals surface area contributed by atoms with Gasteiger partial charge in [-0.2, -0.15) is 0 Å². The van der Waals surface area contributed by atoms with Crippen LogP contribution in [-0.2, 0) is 6.61 Å². The van der Waals surface area contributed by atoms with Crippen LogP contribution in [0.1, 0.15) is 29.7 Å². The molecule has 0 fully saturated rings. The first-order valence-corrected chi connectivity index (χ1v) is 7.20. The highest BCUT2D eigenvalue weighted by molar-refractivity contribution is 9.10. The second-order valence-corrected chi connectivity index (χ2v) is 5.61. The third-order valence-electron chi connectivity index (χ3n) is 3.14. The number of halogens is 2. The van der Waals surface area contributed by atoms with Gasteiger partial charge in [0.05, 0.1) is 4.47 Å². The summed E-state index contributed by atoms with van der Waals surface area (Å²) < 4.78 is 19.6. The van der Waals surface area contributed by atoms with E-state index in [1.165, 1.54) is 6.07 Å². The summed E-state index contributed by atoms with van der Waals surface area (Å²) in [6.07, 6.45) is 0. The fourth-order valence-electron chi connectivity index (χ4n) is 1.93. The maximum Gasteiger partial charge on any atom is 0.137 e. The van der Waals surface area contributed by atoms with Gasteiger partial charge < -0.3 is 10.5 Å². The van der Waals surface area contributed by atoms with E-state index in [4.69, 9.17) is 10.5 Å². The summed E-state index contributed by atoms with van der Waals surface area (Å²) in [5, 5.41) is 0. The minimum Gasteiger partial charge on any atom is -0.489 e. The van der Waals surface area contributed by atoms with Gasteiger partial charge >= 0.3 is 0 Å². The Hall–Kier alpha value is -1.39. The van der Waals surface area contributed by atoms with Gasteiger partial charge in [0.15, 0.2) is 0 Å². The first-order valence-electron chi connectivity index (χ1n) is 6.41. The second-order valence-electron chi connectivity index (χ2n) is 4.82. The van der Waals surface area contributed by atoms with Gasteiger partial charge in [-0.05, 0) is 53.0 Å². The van der Waals surface area contributed by atoms with Crippen molar-refractivity contribution in [2.24, 2.45) is 5.73 Å². The molecule has 1 atom stereocenters. The van der Waals surface area contributed by atoms with Crippen molar-refractivity contribution in [1.82, 2.24) is 0 Å². The van der Waals surface area contributed by atoms with Crippen molar-refractivity contribution < 1.29 is 9.13 Å². The lowest BCUT2D eigenvalue weighted by molar-refractivity contribution is 0.302.